The van der Waals surface area contributed by atoms with Crippen LogP contribution in [-0.2, 0) is 30.6 Å². The lowest BCUT2D eigenvalue weighted by Gasteiger charge is -2.24. The first-order valence-corrected chi connectivity index (χ1v) is 9.59. The average molecular weight is 358 g/mol. The number of aryl methyl sites for hydroxylation is 2. The minimum Gasteiger partial charge on any atom is -0.497 e. The summed E-state index contributed by atoms with van der Waals surface area (Å²) in [4.78, 5) is 18.6. The fraction of sp³-hybridized carbons (Fsp3) is 0.474. The number of rotatable bonds is 4. The van der Waals surface area contributed by atoms with Gasteiger partial charge in [-0.2, -0.15) is 0 Å². The van der Waals surface area contributed by atoms with Crippen LogP contribution >= 0.6 is 11.3 Å². The summed E-state index contributed by atoms with van der Waals surface area (Å²) in [6.45, 7) is 0.919. The van der Waals surface area contributed by atoms with Crippen LogP contribution in [0.5, 0.6) is 11.5 Å². The first-order chi connectivity index (χ1) is 12.2. The highest BCUT2D eigenvalue weighted by molar-refractivity contribution is 7.11. The van der Waals surface area contributed by atoms with Gasteiger partial charge >= 0.3 is 0 Å². The Hall–Kier alpha value is -2.08. The van der Waals surface area contributed by atoms with Gasteiger partial charge in [-0.15, -0.1) is 11.3 Å². The predicted molar refractivity (Wildman–Crippen MR) is 96.3 cm³/mol. The molecule has 0 fully saturated rings. The molecule has 0 radical (unpaired) electrons. The summed E-state index contributed by atoms with van der Waals surface area (Å²) in [5.74, 6) is 1.47. The quantitative estimate of drug-likeness (QED) is 0.913. The molecule has 0 unspecified atom stereocenters. The molecule has 2 aromatic rings. The lowest BCUT2D eigenvalue weighted by atomic mass is 9.96. The van der Waals surface area contributed by atoms with E-state index in [4.69, 9.17) is 9.47 Å². The molecular weight excluding hydrogens is 336 g/mol. The van der Waals surface area contributed by atoms with Crippen molar-refractivity contribution >= 4 is 17.2 Å². The van der Waals surface area contributed by atoms with Crippen LogP contribution in [-0.4, -0.2) is 24.6 Å². The summed E-state index contributed by atoms with van der Waals surface area (Å²) in [7, 11) is 1.64. The Kier molecular flexibility index (Phi) is 4.61. The number of hydrogen-bond donors (Lipinski definition) is 1. The van der Waals surface area contributed by atoms with Crippen LogP contribution in [0.2, 0.25) is 0 Å². The second-order valence-corrected chi connectivity index (χ2v) is 7.76. The Bertz CT molecular complexity index is 763. The fourth-order valence-corrected chi connectivity index (χ4v) is 4.53. The Morgan fingerprint density at radius 1 is 1.40 bits per heavy atom. The van der Waals surface area contributed by atoms with Crippen molar-refractivity contribution in [1.29, 1.82) is 0 Å². The van der Waals surface area contributed by atoms with E-state index in [2.05, 4.69) is 10.3 Å². The second-order valence-electron chi connectivity index (χ2n) is 6.59. The second kappa shape index (κ2) is 7.04. The highest BCUT2D eigenvalue weighted by Crippen LogP contribution is 2.31. The summed E-state index contributed by atoms with van der Waals surface area (Å²) in [5, 5.41) is 4.05. The van der Waals surface area contributed by atoms with Crippen LogP contribution in [0.3, 0.4) is 0 Å². The molecule has 6 heteroatoms. The first kappa shape index (κ1) is 16.4. The van der Waals surface area contributed by atoms with Crippen molar-refractivity contribution in [2.45, 2.75) is 38.6 Å². The van der Waals surface area contributed by atoms with Crippen molar-refractivity contribution in [3.63, 3.8) is 0 Å². The predicted octanol–water partition coefficient (Wildman–Crippen LogP) is 2.90. The molecule has 1 aliphatic heterocycles. The van der Waals surface area contributed by atoms with E-state index in [0.29, 0.717) is 19.6 Å². The van der Waals surface area contributed by atoms with E-state index in [1.54, 1.807) is 18.4 Å². The number of ether oxygens (including phenoxy) is 2. The molecule has 2 aliphatic rings. The van der Waals surface area contributed by atoms with Crippen LogP contribution in [0.15, 0.2) is 18.2 Å². The van der Waals surface area contributed by atoms with Gasteiger partial charge in [-0.1, -0.05) is 6.07 Å². The Balaban J connectivity index is 1.36. The largest absolute Gasteiger partial charge is 0.497 e. The van der Waals surface area contributed by atoms with Gasteiger partial charge in [0.15, 0.2) is 0 Å². The van der Waals surface area contributed by atoms with Gasteiger partial charge in [0.25, 0.3) is 0 Å². The van der Waals surface area contributed by atoms with Gasteiger partial charge < -0.3 is 14.8 Å². The maximum atomic E-state index is 12.5. The van der Waals surface area contributed by atoms with Gasteiger partial charge in [0.1, 0.15) is 23.1 Å². The number of hydrogen-bond acceptors (Lipinski definition) is 5. The molecule has 132 valence electrons. The molecule has 1 atom stereocenters. The number of aromatic nitrogens is 1. The maximum Gasteiger partial charge on any atom is 0.227 e. The average Bonchev–Trinajstić information content (AvgIpc) is 3.08. The third-order valence-electron chi connectivity index (χ3n) is 4.86. The minimum atomic E-state index is -0.157. The Morgan fingerprint density at radius 3 is 3.12 bits per heavy atom. The highest BCUT2D eigenvalue weighted by atomic mass is 32.1. The van der Waals surface area contributed by atoms with Crippen molar-refractivity contribution in [3.8, 4) is 11.5 Å². The zero-order valence-corrected chi connectivity index (χ0v) is 15.2. The van der Waals surface area contributed by atoms with Gasteiger partial charge in [-0.3, -0.25) is 4.79 Å². The minimum absolute atomic E-state index is 0.0367. The SMILES string of the molecule is COc1ccc2c(c1)OC[C@@H](C(=O)NCc1nc3c(s1)CCCC3)C2. The van der Waals surface area contributed by atoms with E-state index >= 15 is 0 Å². The summed E-state index contributed by atoms with van der Waals surface area (Å²) in [6.07, 6.45) is 5.39. The Labute approximate surface area is 151 Å². The number of carbonyl (C=O) groups excluding carboxylic acids is 1. The van der Waals surface area contributed by atoms with E-state index in [0.717, 1.165) is 34.9 Å². The number of methoxy groups -OCH3 is 1. The number of benzene rings is 1. The monoisotopic (exact) mass is 358 g/mol. The molecule has 0 spiro atoms. The van der Waals surface area contributed by atoms with Crippen molar-refractivity contribution in [2.75, 3.05) is 13.7 Å². The Morgan fingerprint density at radius 2 is 2.28 bits per heavy atom. The van der Waals surface area contributed by atoms with E-state index < -0.39 is 0 Å². The molecule has 0 saturated carbocycles. The van der Waals surface area contributed by atoms with Gasteiger partial charge in [0.05, 0.1) is 25.3 Å². The smallest absolute Gasteiger partial charge is 0.227 e. The molecule has 0 bridgehead atoms. The summed E-state index contributed by atoms with van der Waals surface area (Å²) in [5.41, 5.74) is 2.29. The molecular formula is C19H22N2O3S. The normalized spacial score (nSPS) is 18.7. The molecule has 1 aromatic carbocycles. The number of thiazole rings is 1. The maximum absolute atomic E-state index is 12.5. The van der Waals surface area contributed by atoms with Gasteiger partial charge in [0, 0.05) is 10.9 Å². The topological polar surface area (TPSA) is 60.5 Å². The molecule has 5 nitrogen and oxygen atoms in total. The third kappa shape index (κ3) is 3.49. The summed E-state index contributed by atoms with van der Waals surface area (Å²) >= 11 is 1.75. The lowest BCUT2D eigenvalue weighted by Crippen LogP contribution is -2.37. The number of nitrogens with zero attached hydrogens (tertiary/aromatic N) is 1. The number of amides is 1. The van der Waals surface area contributed by atoms with Crippen LogP contribution in [0.4, 0.5) is 0 Å². The van der Waals surface area contributed by atoms with Crippen molar-refractivity contribution in [3.05, 3.63) is 39.3 Å². The number of carbonyl (C=O) groups is 1. The summed E-state index contributed by atoms with van der Waals surface area (Å²) in [6, 6.07) is 5.76. The van der Waals surface area contributed by atoms with Crippen LogP contribution in [0.25, 0.3) is 0 Å². The van der Waals surface area contributed by atoms with E-state index in [1.165, 1.54) is 23.4 Å². The number of nitrogens with one attached hydrogen (secondary N) is 1. The molecule has 1 N–H and O–H groups in total. The third-order valence-corrected chi connectivity index (χ3v) is 6.01. The van der Waals surface area contributed by atoms with Gasteiger partial charge in [0.2, 0.25) is 5.91 Å². The van der Waals surface area contributed by atoms with Crippen LogP contribution < -0.4 is 14.8 Å². The van der Waals surface area contributed by atoms with E-state index in [9.17, 15) is 4.79 Å². The number of fused-ring (bicyclic) bond motifs is 2. The molecule has 25 heavy (non-hydrogen) atoms. The zero-order chi connectivity index (χ0) is 17.2. The van der Waals surface area contributed by atoms with Crippen molar-refractivity contribution in [2.24, 2.45) is 5.92 Å². The van der Waals surface area contributed by atoms with E-state index in [1.807, 2.05) is 18.2 Å². The molecule has 4 rings (SSSR count). The first-order valence-electron chi connectivity index (χ1n) is 8.78. The molecule has 1 aromatic heterocycles. The highest BCUT2D eigenvalue weighted by Gasteiger charge is 2.26. The van der Waals surface area contributed by atoms with E-state index in [-0.39, 0.29) is 11.8 Å². The fourth-order valence-electron chi connectivity index (χ4n) is 3.44. The van der Waals surface area contributed by atoms with Crippen molar-refractivity contribution in [1.82, 2.24) is 10.3 Å². The molecule has 2 heterocycles. The molecule has 1 aliphatic carbocycles. The van der Waals surface area contributed by atoms with Crippen molar-refractivity contribution < 1.29 is 14.3 Å². The van der Waals surface area contributed by atoms with Crippen LogP contribution in [0.1, 0.15) is 34.0 Å². The van der Waals surface area contributed by atoms with Gasteiger partial charge in [-0.05, 0) is 43.7 Å². The zero-order valence-electron chi connectivity index (χ0n) is 14.3. The molecule has 1 amide bonds. The standard InChI is InChI=1S/C19H22N2O3S/c1-23-14-7-6-12-8-13(11-24-16(12)9-14)19(22)20-10-18-21-15-4-2-3-5-17(15)25-18/h6-7,9,13H,2-5,8,10-11H2,1H3,(H,20,22)/t13-/m0/s1. The van der Waals surface area contributed by atoms with Gasteiger partial charge in [-0.25, -0.2) is 4.98 Å². The lowest BCUT2D eigenvalue weighted by molar-refractivity contribution is -0.126. The summed E-state index contributed by atoms with van der Waals surface area (Å²) < 4.78 is 11.0. The van der Waals surface area contributed by atoms with Crippen LogP contribution in [0, 0.1) is 5.92 Å². The molecule has 0 saturated heterocycles.